The number of thiophene rings is 1. The number of hydrogen-bond donors (Lipinski definition) is 2. The van der Waals surface area contributed by atoms with E-state index in [-0.39, 0.29) is 24.8 Å². The molecule has 0 saturated heterocycles. The van der Waals surface area contributed by atoms with Gasteiger partial charge in [0, 0.05) is 29.6 Å². The van der Waals surface area contributed by atoms with E-state index >= 15 is 0 Å². The zero-order chi connectivity index (χ0) is 15.8. The van der Waals surface area contributed by atoms with Gasteiger partial charge in [-0.15, -0.1) is 0 Å². The van der Waals surface area contributed by atoms with E-state index < -0.39 is 0 Å². The summed E-state index contributed by atoms with van der Waals surface area (Å²) in [6.45, 7) is 0.285. The lowest BCUT2D eigenvalue weighted by Crippen LogP contribution is -2.27. The van der Waals surface area contributed by atoms with Gasteiger partial charge in [-0.3, -0.25) is 9.59 Å². The molecule has 22 heavy (non-hydrogen) atoms. The van der Waals surface area contributed by atoms with Gasteiger partial charge < -0.3 is 10.6 Å². The Kier molecular flexibility index (Phi) is 5.69. The Labute approximate surface area is 132 Å². The molecule has 5 nitrogen and oxygen atoms in total. The highest BCUT2D eigenvalue weighted by atomic mass is 32.1. The molecule has 0 aliphatic rings. The largest absolute Gasteiger partial charge is 0.351 e. The second kappa shape index (κ2) is 7.96. The molecule has 1 aromatic heterocycles. The summed E-state index contributed by atoms with van der Waals surface area (Å²) in [5.74, 6) is -0.339. The Hall–Kier alpha value is -2.65. The van der Waals surface area contributed by atoms with E-state index in [0.29, 0.717) is 17.7 Å². The minimum atomic E-state index is -0.171. The molecule has 0 unspecified atom stereocenters. The number of carbonyl (C=O) groups excluding carboxylic acids is 2. The third-order valence-corrected chi connectivity index (χ3v) is 3.63. The Bertz CT molecular complexity index is 672. The second-order valence-corrected chi connectivity index (χ2v) is 5.38. The van der Waals surface area contributed by atoms with Crippen LogP contribution in [-0.4, -0.2) is 18.4 Å². The third kappa shape index (κ3) is 4.72. The summed E-state index contributed by atoms with van der Waals surface area (Å²) >= 11 is 1.45. The minimum Gasteiger partial charge on any atom is -0.351 e. The lowest BCUT2D eigenvalue weighted by atomic mass is 10.1. The molecule has 0 aliphatic carbocycles. The molecule has 0 radical (unpaired) electrons. The number of benzene rings is 1. The van der Waals surface area contributed by atoms with Gasteiger partial charge in [-0.25, -0.2) is 0 Å². The van der Waals surface area contributed by atoms with Crippen LogP contribution in [0.5, 0.6) is 0 Å². The first-order valence-corrected chi connectivity index (χ1v) is 7.69. The standard InChI is InChI=1S/C16H15N3O2S/c17-8-5-12-1-3-14(4-2-12)19-15(20)6-9-18-16(21)13-7-10-22-11-13/h1-4,7,10-11H,5-6,9H2,(H,18,21)(H,19,20). The van der Waals surface area contributed by atoms with Gasteiger partial charge in [0.1, 0.15) is 0 Å². The molecule has 0 bridgehead atoms. The zero-order valence-electron chi connectivity index (χ0n) is 11.8. The van der Waals surface area contributed by atoms with Crippen LogP contribution in [0.2, 0.25) is 0 Å². The van der Waals surface area contributed by atoms with E-state index in [2.05, 4.69) is 16.7 Å². The van der Waals surface area contributed by atoms with E-state index in [1.165, 1.54) is 11.3 Å². The molecule has 2 amide bonds. The van der Waals surface area contributed by atoms with Crippen LogP contribution in [-0.2, 0) is 11.2 Å². The summed E-state index contributed by atoms with van der Waals surface area (Å²) < 4.78 is 0. The molecule has 0 saturated carbocycles. The topological polar surface area (TPSA) is 82.0 Å². The van der Waals surface area contributed by atoms with Gasteiger partial charge >= 0.3 is 0 Å². The predicted molar refractivity (Wildman–Crippen MR) is 85.7 cm³/mol. The van der Waals surface area contributed by atoms with Crippen molar-refractivity contribution < 1.29 is 9.59 Å². The summed E-state index contributed by atoms with van der Waals surface area (Å²) in [6, 6.07) is 10.9. The van der Waals surface area contributed by atoms with Crippen LogP contribution < -0.4 is 10.6 Å². The van der Waals surface area contributed by atoms with Gasteiger partial charge in [-0.05, 0) is 29.1 Å². The van der Waals surface area contributed by atoms with Crippen LogP contribution in [0.15, 0.2) is 41.1 Å². The highest BCUT2D eigenvalue weighted by molar-refractivity contribution is 7.08. The van der Waals surface area contributed by atoms with E-state index in [0.717, 1.165) is 5.56 Å². The lowest BCUT2D eigenvalue weighted by Gasteiger charge is -2.06. The van der Waals surface area contributed by atoms with E-state index in [1.54, 1.807) is 35.7 Å². The quantitative estimate of drug-likeness (QED) is 0.860. The molecule has 112 valence electrons. The molecule has 6 heteroatoms. The number of amides is 2. The van der Waals surface area contributed by atoms with Crippen LogP contribution >= 0.6 is 11.3 Å². The normalized spacial score (nSPS) is 9.77. The molecule has 2 N–H and O–H groups in total. The third-order valence-electron chi connectivity index (χ3n) is 2.94. The first-order chi connectivity index (χ1) is 10.7. The monoisotopic (exact) mass is 313 g/mol. The number of carbonyl (C=O) groups is 2. The molecule has 0 aliphatic heterocycles. The van der Waals surface area contributed by atoms with Crippen molar-refractivity contribution in [3.8, 4) is 6.07 Å². The van der Waals surface area contributed by atoms with Gasteiger partial charge in [-0.1, -0.05) is 12.1 Å². The number of nitrogens with one attached hydrogen (secondary N) is 2. The second-order valence-electron chi connectivity index (χ2n) is 4.60. The van der Waals surface area contributed by atoms with Crippen LogP contribution in [0.4, 0.5) is 5.69 Å². The smallest absolute Gasteiger partial charge is 0.252 e. The average molecular weight is 313 g/mol. The Balaban J connectivity index is 1.74. The Morgan fingerprint density at radius 2 is 1.95 bits per heavy atom. The zero-order valence-corrected chi connectivity index (χ0v) is 12.7. The fourth-order valence-corrected chi connectivity index (χ4v) is 2.44. The Morgan fingerprint density at radius 3 is 2.59 bits per heavy atom. The Morgan fingerprint density at radius 1 is 1.18 bits per heavy atom. The SMILES string of the molecule is N#CCc1ccc(NC(=O)CCNC(=O)c2ccsc2)cc1. The van der Waals surface area contributed by atoms with Crippen molar-refractivity contribution in [2.75, 3.05) is 11.9 Å². The maximum Gasteiger partial charge on any atom is 0.252 e. The molecule has 1 heterocycles. The van der Waals surface area contributed by atoms with E-state index in [1.807, 2.05) is 5.38 Å². The minimum absolute atomic E-state index is 0.168. The summed E-state index contributed by atoms with van der Waals surface area (Å²) in [6.07, 6.45) is 0.554. The molecule has 2 rings (SSSR count). The van der Waals surface area contributed by atoms with Gasteiger partial charge in [0.15, 0.2) is 0 Å². The molecule has 2 aromatic rings. The molecule has 1 aromatic carbocycles. The van der Waals surface area contributed by atoms with Crippen molar-refractivity contribution in [3.05, 3.63) is 52.2 Å². The van der Waals surface area contributed by atoms with E-state index in [9.17, 15) is 9.59 Å². The summed E-state index contributed by atoms with van der Waals surface area (Å²) in [4.78, 5) is 23.5. The molecular formula is C16H15N3O2S. The van der Waals surface area contributed by atoms with Crippen molar-refractivity contribution >= 4 is 28.8 Å². The van der Waals surface area contributed by atoms with Gasteiger partial charge in [-0.2, -0.15) is 16.6 Å². The lowest BCUT2D eigenvalue weighted by molar-refractivity contribution is -0.116. The number of hydrogen-bond acceptors (Lipinski definition) is 4. The first kappa shape index (κ1) is 15.7. The summed E-state index contributed by atoms with van der Waals surface area (Å²) in [5.41, 5.74) is 2.19. The molecule has 0 spiro atoms. The van der Waals surface area contributed by atoms with Gasteiger partial charge in [0.25, 0.3) is 5.91 Å². The molecule has 0 fully saturated rings. The average Bonchev–Trinajstić information content (AvgIpc) is 3.04. The number of nitriles is 1. The fourth-order valence-electron chi connectivity index (χ4n) is 1.81. The van der Waals surface area contributed by atoms with Crippen molar-refractivity contribution in [2.24, 2.45) is 0 Å². The van der Waals surface area contributed by atoms with E-state index in [4.69, 9.17) is 5.26 Å². The maximum atomic E-state index is 11.8. The van der Waals surface area contributed by atoms with Crippen LogP contribution in [0.1, 0.15) is 22.3 Å². The number of rotatable bonds is 6. The van der Waals surface area contributed by atoms with Crippen LogP contribution in [0, 0.1) is 11.3 Å². The molecular weight excluding hydrogens is 298 g/mol. The van der Waals surface area contributed by atoms with Crippen molar-refractivity contribution in [2.45, 2.75) is 12.8 Å². The van der Waals surface area contributed by atoms with Crippen molar-refractivity contribution in [3.63, 3.8) is 0 Å². The van der Waals surface area contributed by atoms with Gasteiger partial charge in [0.05, 0.1) is 12.5 Å². The molecule has 0 atom stereocenters. The number of nitrogens with zero attached hydrogens (tertiary/aromatic N) is 1. The maximum absolute atomic E-state index is 11.8. The highest BCUT2D eigenvalue weighted by Crippen LogP contribution is 2.10. The van der Waals surface area contributed by atoms with Crippen LogP contribution in [0.25, 0.3) is 0 Å². The van der Waals surface area contributed by atoms with Gasteiger partial charge in [0.2, 0.25) is 5.91 Å². The van der Waals surface area contributed by atoms with Crippen LogP contribution in [0.3, 0.4) is 0 Å². The fraction of sp³-hybridized carbons (Fsp3) is 0.188. The summed E-state index contributed by atoms with van der Waals surface area (Å²) in [5, 5.41) is 17.6. The van der Waals surface area contributed by atoms with Crippen molar-refractivity contribution in [1.82, 2.24) is 5.32 Å². The first-order valence-electron chi connectivity index (χ1n) is 6.75. The highest BCUT2D eigenvalue weighted by Gasteiger charge is 2.07. The summed E-state index contributed by atoms with van der Waals surface area (Å²) in [7, 11) is 0. The number of anilines is 1. The predicted octanol–water partition coefficient (Wildman–Crippen LogP) is 2.57. The van der Waals surface area contributed by atoms with Crippen molar-refractivity contribution in [1.29, 1.82) is 5.26 Å².